The van der Waals surface area contributed by atoms with Crippen molar-refractivity contribution < 1.29 is 14.0 Å². The quantitative estimate of drug-likeness (QED) is 0.871. The smallest absolute Gasteiger partial charge is 0.252 e. The van der Waals surface area contributed by atoms with E-state index < -0.39 is 0 Å². The summed E-state index contributed by atoms with van der Waals surface area (Å²) in [7, 11) is 1.54. The van der Waals surface area contributed by atoms with E-state index in [-0.39, 0.29) is 23.7 Å². The monoisotopic (exact) mass is 339 g/mol. The fraction of sp³-hybridized carbons (Fsp3) is 0.211. The first kappa shape index (κ1) is 16.8. The summed E-state index contributed by atoms with van der Waals surface area (Å²) < 4.78 is 13.9. The van der Waals surface area contributed by atoms with Gasteiger partial charge in [-0.15, -0.1) is 0 Å². The number of nitrogens with zero attached hydrogens (tertiary/aromatic N) is 2. The van der Waals surface area contributed by atoms with Gasteiger partial charge in [-0.2, -0.15) is 0 Å². The highest BCUT2D eigenvalue weighted by Gasteiger charge is 2.33. The molecule has 5 nitrogen and oxygen atoms in total. The molecule has 25 heavy (non-hydrogen) atoms. The van der Waals surface area contributed by atoms with Gasteiger partial charge in [0.2, 0.25) is 5.91 Å². The fourth-order valence-electron chi connectivity index (χ4n) is 2.80. The van der Waals surface area contributed by atoms with Crippen LogP contribution in [0.1, 0.15) is 33.9 Å². The lowest BCUT2D eigenvalue weighted by molar-refractivity contribution is -0.133. The van der Waals surface area contributed by atoms with Crippen LogP contribution in [0, 0.1) is 5.82 Å². The van der Waals surface area contributed by atoms with Gasteiger partial charge in [0.1, 0.15) is 5.82 Å². The average Bonchev–Trinajstić information content (AvgIpc) is 2.60. The molecule has 2 heterocycles. The molecule has 0 aliphatic carbocycles. The highest BCUT2D eigenvalue weighted by Crippen LogP contribution is 2.34. The van der Waals surface area contributed by atoms with Crippen LogP contribution in [0.3, 0.4) is 0 Å². The summed E-state index contributed by atoms with van der Waals surface area (Å²) in [6, 6.07) is 7.94. The van der Waals surface area contributed by atoms with Gasteiger partial charge < -0.3 is 10.2 Å². The lowest BCUT2D eigenvalue weighted by Crippen LogP contribution is -2.44. The van der Waals surface area contributed by atoms with Gasteiger partial charge in [0.15, 0.2) is 0 Å². The number of nitrogens with one attached hydrogen (secondary N) is 1. The number of rotatable bonds is 4. The molecule has 1 unspecified atom stereocenters. The molecule has 1 atom stereocenters. The minimum Gasteiger partial charge on any atom is -0.355 e. The third kappa shape index (κ3) is 3.57. The number of benzene rings is 1. The summed E-state index contributed by atoms with van der Waals surface area (Å²) >= 11 is 0. The van der Waals surface area contributed by atoms with Crippen molar-refractivity contribution in [3.8, 4) is 0 Å². The zero-order chi connectivity index (χ0) is 17.8. The van der Waals surface area contributed by atoms with E-state index in [0.717, 1.165) is 6.42 Å². The summed E-state index contributed by atoms with van der Waals surface area (Å²) in [5, 5.41) is 2.53. The van der Waals surface area contributed by atoms with Crippen molar-refractivity contribution in [2.45, 2.75) is 12.5 Å². The van der Waals surface area contributed by atoms with Gasteiger partial charge in [-0.1, -0.05) is 18.2 Å². The van der Waals surface area contributed by atoms with Gasteiger partial charge in [-0.25, -0.2) is 4.39 Å². The molecular weight excluding hydrogens is 321 g/mol. The van der Waals surface area contributed by atoms with Crippen LogP contribution in [0.25, 0.3) is 6.08 Å². The maximum absolute atomic E-state index is 13.9. The number of pyridine rings is 1. The average molecular weight is 339 g/mol. The molecular formula is C19H18FN3O2. The first-order chi connectivity index (χ1) is 12.1. The van der Waals surface area contributed by atoms with Gasteiger partial charge in [0, 0.05) is 37.6 Å². The van der Waals surface area contributed by atoms with Gasteiger partial charge in [0.25, 0.3) is 5.91 Å². The Bertz CT molecular complexity index is 835. The molecule has 0 bridgehead atoms. The first-order valence-corrected chi connectivity index (χ1v) is 8.00. The van der Waals surface area contributed by atoms with Crippen molar-refractivity contribution >= 4 is 17.9 Å². The van der Waals surface area contributed by atoms with E-state index >= 15 is 0 Å². The molecule has 1 fully saturated rings. The van der Waals surface area contributed by atoms with E-state index in [1.165, 1.54) is 18.3 Å². The highest BCUT2D eigenvalue weighted by molar-refractivity contribution is 5.95. The first-order valence-electron chi connectivity index (χ1n) is 8.00. The van der Waals surface area contributed by atoms with Crippen LogP contribution in [0.2, 0.25) is 0 Å². The third-order valence-electron chi connectivity index (χ3n) is 4.23. The fourth-order valence-corrected chi connectivity index (χ4v) is 2.80. The Morgan fingerprint density at radius 3 is 2.80 bits per heavy atom. The van der Waals surface area contributed by atoms with Gasteiger partial charge >= 0.3 is 0 Å². The van der Waals surface area contributed by atoms with Crippen LogP contribution in [-0.2, 0) is 4.79 Å². The predicted octanol–water partition coefficient (Wildman–Crippen LogP) is 2.57. The summed E-state index contributed by atoms with van der Waals surface area (Å²) in [6.07, 6.45) is 6.81. The number of amides is 2. The Kier molecular flexibility index (Phi) is 4.88. The molecule has 1 saturated heterocycles. The second-order valence-electron chi connectivity index (χ2n) is 5.78. The van der Waals surface area contributed by atoms with Crippen LogP contribution in [0.4, 0.5) is 4.39 Å². The largest absolute Gasteiger partial charge is 0.355 e. The second kappa shape index (κ2) is 7.25. The van der Waals surface area contributed by atoms with Crippen LogP contribution in [0.15, 0.2) is 48.8 Å². The molecule has 128 valence electrons. The predicted molar refractivity (Wildman–Crippen MR) is 92.1 cm³/mol. The Balaban J connectivity index is 1.71. The Morgan fingerprint density at radius 2 is 2.12 bits per heavy atom. The zero-order valence-corrected chi connectivity index (χ0v) is 13.8. The van der Waals surface area contributed by atoms with Crippen molar-refractivity contribution in [1.82, 2.24) is 15.2 Å². The minimum absolute atomic E-state index is 0.190. The molecule has 0 spiro atoms. The van der Waals surface area contributed by atoms with E-state index in [4.69, 9.17) is 0 Å². The molecule has 2 amide bonds. The van der Waals surface area contributed by atoms with Crippen molar-refractivity contribution in [3.05, 3.63) is 71.3 Å². The van der Waals surface area contributed by atoms with Crippen LogP contribution >= 0.6 is 0 Å². The van der Waals surface area contributed by atoms with E-state index in [0.29, 0.717) is 23.2 Å². The van der Waals surface area contributed by atoms with E-state index in [9.17, 15) is 14.0 Å². The van der Waals surface area contributed by atoms with Gasteiger partial charge in [-0.3, -0.25) is 14.6 Å². The normalized spacial score (nSPS) is 16.6. The third-order valence-corrected chi connectivity index (χ3v) is 4.23. The van der Waals surface area contributed by atoms with Crippen molar-refractivity contribution in [2.24, 2.45) is 0 Å². The maximum atomic E-state index is 13.9. The van der Waals surface area contributed by atoms with E-state index in [1.807, 2.05) is 0 Å². The number of aromatic nitrogens is 1. The topological polar surface area (TPSA) is 62.3 Å². The number of hydrogen-bond acceptors (Lipinski definition) is 3. The molecule has 1 aliphatic heterocycles. The molecule has 1 aliphatic rings. The molecule has 1 aromatic carbocycles. The maximum Gasteiger partial charge on any atom is 0.252 e. The SMILES string of the molecule is CNC(=O)c1cncc(/C=C/C(=O)N2CCC2c2ccccc2F)c1. The number of carbonyl (C=O) groups is 2. The number of likely N-dealkylation sites (tertiary alicyclic amines) is 1. The minimum atomic E-state index is -0.295. The number of hydrogen-bond donors (Lipinski definition) is 1. The van der Waals surface area contributed by atoms with Crippen LogP contribution in [-0.4, -0.2) is 35.3 Å². The summed E-state index contributed by atoms with van der Waals surface area (Å²) in [5.41, 5.74) is 1.61. The van der Waals surface area contributed by atoms with Crippen LogP contribution in [0.5, 0.6) is 0 Å². The molecule has 3 rings (SSSR count). The van der Waals surface area contributed by atoms with E-state index in [2.05, 4.69) is 10.3 Å². The van der Waals surface area contributed by atoms with Crippen molar-refractivity contribution in [1.29, 1.82) is 0 Å². The summed E-state index contributed by atoms with van der Waals surface area (Å²) in [4.78, 5) is 29.6. The lowest BCUT2D eigenvalue weighted by atomic mass is 9.94. The summed E-state index contributed by atoms with van der Waals surface area (Å²) in [6.45, 7) is 0.596. The molecule has 0 radical (unpaired) electrons. The Hall–Kier alpha value is -3.02. The molecule has 1 aromatic heterocycles. The Morgan fingerprint density at radius 1 is 1.32 bits per heavy atom. The highest BCUT2D eigenvalue weighted by atomic mass is 19.1. The number of carbonyl (C=O) groups excluding carboxylic acids is 2. The lowest BCUT2D eigenvalue weighted by Gasteiger charge is -2.40. The molecule has 2 aromatic rings. The summed E-state index contributed by atoms with van der Waals surface area (Å²) in [5.74, 6) is -0.724. The standard InChI is InChI=1S/C19H18FN3O2/c1-21-19(25)14-10-13(11-22-12-14)6-7-18(24)23-9-8-17(23)15-4-2-3-5-16(15)20/h2-7,10-12,17H,8-9H2,1H3,(H,21,25)/b7-6+. The second-order valence-corrected chi connectivity index (χ2v) is 5.78. The van der Waals surface area contributed by atoms with E-state index in [1.54, 1.807) is 48.5 Å². The zero-order valence-electron chi connectivity index (χ0n) is 13.8. The Labute approximate surface area is 145 Å². The van der Waals surface area contributed by atoms with Crippen LogP contribution < -0.4 is 5.32 Å². The molecule has 0 saturated carbocycles. The molecule has 6 heteroatoms. The number of halogens is 1. The molecule has 1 N–H and O–H groups in total. The van der Waals surface area contributed by atoms with Crippen molar-refractivity contribution in [3.63, 3.8) is 0 Å². The van der Waals surface area contributed by atoms with Gasteiger partial charge in [-0.05, 0) is 30.2 Å². The van der Waals surface area contributed by atoms with Gasteiger partial charge in [0.05, 0.1) is 11.6 Å². The van der Waals surface area contributed by atoms with Crippen molar-refractivity contribution in [2.75, 3.05) is 13.6 Å².